The van der Waals surface area contributed by atoms with E-state index in [4.69, 9.17) is 4.74 Å². The first-order valence-corrected chi connectivity index (χ1v) is 7.06. The van der Waals surface area contributed by atoms with Crippen LogP contribution in [-0.2, 0) is 9.53 Å². The molecular formula is C18H18O3. The van der Waals surface area contributed by atoms with Gasteiger partial charge < -0.3 is 4.74 Å². The fourth-order valence-corrected chi connectivity index (χ4v) is 2.05. The van der Waals surface area contributed by atoms with Crippen LogP contribution in [0.15, 0.2) is 60.7 Å². The zero-order valence-corrected chi connectivity index (χ0v) is 12.0. The molecule has 2 aromatic rings. The van der Waals surface area contributed by atoms with Gasteiger partial charge in [-0.15, -0.1) is 0 Å². The fourth-order valence-electron chi connectivity index (χ4n) is 2.05. The molecule has 2 aromatic carbocycles. The van der Waals surface area contributed by atoms with Crippen LogP contribution < -0.4 is 0 Å². The number of Topliss-reactive ketones (excluding diaryl/α,β-unsaturated/α-hetero) is 1. The summed E-state index contributed by atoms with van der Waals surface area (Å²) in [6.45, 7) is 1.90. The third kappa shape index (κ3) is 4.02. The van der Waals surface area contributed by atoms with E-state index in [-0.39, 0.29) is 11.8 Å². The number of benzene rings is 2. The molecule has 0 amide bonds. The van der Waals surface area contributed by atoms with Crippen molar-refractivity contribution < 1.29 is 14.3 Å². The lowest BCUT2D eigenvalue weighted by molar-refractivity contribution is -0.147. The molecular weight excluding hydrogens is 264 g/mol. The Labute approximate surface area is 124 Å². The Balaban J connectivity index is 2.28. The van der Waals surface area contributed by atoms with Crippen LogP contribution in [0.1, 0.15) is 41.8 Å². The van der Waals surface area contributed by atoms with Crippen LogP contribution in [0.2, 0.25) is 0 Å². The van der Waals surface area contributed by atoms with Gasteiger partial charge in [-0.1, -0.05) is 67.6 Å². The number of hydrogen-bond acceptors (Lipinski definition) is 3. The molecule has 0 aliphatic carbocycles. The first-order valence-electron chi connectivity index (χ1n) is 7.06. The predicted molar refractivity (Wildman–Crippen MR) is 81.0 cm³/mol. The molecule has 0 radical (unpaired) electrons. The van der Waals surface area contributed by atoms with Gasteiger partial charge in [0.2, 0.25) is 5.78 Å². The van der Waals surface area contributed by atoms with Crippen LogP contribution in [0.5, 0.6) is 0 Å². The van der Waals surface area contributed by atoms with Gasteiger partial charge in [0.05, 0.1) is 0 Å². The van der Waals surface area contributed by atoms with Crippen LogP contribution in [0.3, 0.4) is 0 Å². The zero-order valence-electron chi connectivity index (χ0n) is 12.0. The minimum atomic E-state index is -0.882. The van der Waals surface area contributed by atoms with E-state index < -0.39 is 6.10 Å². The van der Waals surface area contributed by atoms with E-state index in [0.29, 0.717) is 24.0 Å². The molecule has 0 spiro atoms. The summed E-state index contributed by atoms with van der Waals surface area (Å²) in [5, 5.41) is 0. The van der Waals surface area contributed by atoms with Gasteiger partial charge in [-0.25, -0.2) is 0 Å². The van der Waals surface area contributed by atoms with E-state index in [2.05, 4.69) is 0 Å². The highest BCUT2D eigenvalue weighted by molar-refractivity contribution is 6.00. The van der Waals surface area contributed by atoms with Crippen molar-refractivity contribution in [1.82, 2.24) is 0 Å². The minimum Gasteiger partial charge on any atom is -0.449 e. The van der Waals surface area contributed by atoms with Gasteiger partial charge in [0.15, 0.2) is 6.10 Å². The van der Waals surface area contributed by atoms with Gasteiger partial charge in [0, 0.05) is 17.5 Å². The molecule has 0 aliphatic rings. The quantitative estimate of drug-likeness (QED) is 0.595. The summed E-state index contributed by atoms with van der Waals surface area (Å²) >= 11 is 0. The maximum absolute atomic E-state index is 12.6. The molecule has 0 heterocycles. The lowest BCUT2D eigenvalue weighted by Gasteiger charge is -2.17. The number of rotatable bonds is 6. The highest BCUT2D eigenvalue weighted by Gasteiger charge is 2.25. The summed E-state index contributed by atoms with van der Waals surface area (Å²) in [4.78, 5) is 24.4. The molecule has 0 N–H and O–H groups in total. The Morgan fingerprint density at radius 1 is 0.952 bits per heavy atom. The standard InChI is InChI=1S/C18H18O3/c1-2-9-16(19)21-18(15-12-7-4-8-13-15)17(20)14-10-5-3-6-11-14/h3-8,10-13,18H,2,9H2,1H3. The predicted octanol–water partition coefficient (Wildman–Crippen LogP) is 3.95. The van der Waals surface area contributed by atoms with Crippen molar-refractivity contribution in [2.45, 2.75) is 25.9 Å². The molecule has 1 atom stereocenters. The van der Waals surface area contributed by atoms with Crippen LogP contribution >= 0.6 is 0 Å². The van der Waals surface area contributed by atoms with Gasteiger partial charge in [0.25, 0.3) is 0 Å². The maximum atomic E-state index is 12.6. The molecule has 1 unspecified atom stereocenters. The van der Waals surface area contributed by atoms with Gasteiger partial charge in [-0.05, 0) is 6.42 Å². The molecule has 0 saturated carbocycles. The third-order valence-corrected chi connectivity index (χ3v) is 3.10. The summed E-state index contributed by atoms with van der Waals surface area (Å²) in [6.07, 6.45) is 0.123. The van der Waals surface area contributed by atoms with Crippen LogP contribution in [0.4, 0.5) is 0 Å². The van der Waals surface area contributed by atoms with Crippen molar-refractivity contribution in [2.75, 3.05) is 0 Å². The van der Waals surface area contributed by atoms with Crippen molar-refractivity contribution in [3.63, 3.8) is 0 Å². The lowest BCUT2D eigenvalue weighted by atomic mass is 10.00. The molecule has 0 bridgehead atoms. The summed E-state index contributed by atoms with van der Waals surface area (Å²) < 4.78 is 5.40. The number of ether oxygens (including phenoxy) is 1. The van der Waals surface area contributed by atoms with Crippen molar-refractivity contribution in [3.05, 3.63) is 71.8 Å². The summed E-state index contributed by atoms with van der Waals surface area (Å²) in [6, 6.07) is 18.0. The number of ketones is 1. The number of hydrogen-bond donors (Lipinski definition) is 0. The summed E-state index contributed by atoms with van der Waals surface area (Å²) in [7, 11) is 0. The van der Waals surface area contributed by atoms with Gasteiger partial charge in [0.1, 0.15) is 0 Å². The van der Waals surface area contributed by atoms with E-state index in [1.807, 2.05) is 31.2 Å². The van der Waals surface area contributed by atoms with Crippen molar-refractivity contribution >= 4 is 11.8 Å². The van der Waals surface area contributed by atoms with Crippen molar-refractivity contribution in [1.29, 1.82) is 0 Å². The van der Waals surface area contributed by atoms with E-state index in [1.54, 1.807) is 36.4 Å². The monoisotopic (exact) mass is 282 g/mol. The van der Waals surface area contributed by atoms with Gasteiger partial charge >= 0.3 is 5.97 Å². The minimum absolute atomic E-state index is 0.203. The summed E-state index contributed by atoms with van der Waals surface area (Å²) in [5.41, 5.74) is 1.23. The smallest absolute Gasteiger partial charge is 0.306 e. The Hall–Kier alpha value is -2.42. The molecule has 21 heavy (non-hydrogen) atoms. The molecule has 3 heteroatoms. The molecule has 0 aliphatic heterocycles. The van der Waals surface area contributed by atoms with Crippen LogP contribution in [0.25, 0.3) is 0 Å². The van der Waals surface area contributed by atoms with Crippen molar-refractivity contribution in [3.8, 4) is 0 Å². The second kappa shape index (κ2) is 7.39. The van der Waals surface area contributed by atoms with E-state index in [9.17, 15) is 9.59 Å². The second-order valence-electron chi connectivity index (χ2n) is 4.76. The molecule has 0 saturated heterocycles. The maximum Gasteiger partial charge on any atom is 0.306 e. The van der Waals surface area contributed by atoms with Crippen molar-refractivity contribution in [2.24, 2.45) is 0 Å². The Morgan fingerprint density at radius 3 is 2.10 bits per heavy atom. The third-order valence-electron chi connectivity index (χ3n) is 3.10. The average molecular weight is 282 g/mol. The molecule has 108 valence electrons. The van der Waals surface area contributed by atoms with E-state index in [1.165, 1.54) is 0 Å². The van der Waals surface area contributed by atoms with Crippen LogP contribution in [-0.4, -0.2) is 11.8 Å². The Morgan fingerprint density at radius 2 is 1.52 bits per heavy atom. The Kier molecular flexibility index (Phi) is 5.27. The first kappa shape index (κ1) is 15.0. The SMILES string of the molecule is CCCC(=O)OC(C(=O)c1ccccc1)c1ccccc1. The zero-order chi connectivity index (χ0) is 15.1. The van der Waals surface area contributed by atoms with E-state index >= 15 is 0 Å². The average Bonchev–Trinajstić information content (AvgIpc) is 2.54. The molecule has 2 rings (SSSR count). The Bertz CT molecular complexity index is 590. The number of carbonyl (C=O) groups is 2. The lowest BCUT2D eigenvalue weighted by Crippen LogP contribution is -2.20. The number of carbonyl (C=O) groups excluding carboxylic acids is 2. The first-order chi connectivity index (χ1) is 10.2. The van der Waals surface area contributed by atoms with E-state index in [0.717, 1.165) is 0 Å². The highest BCUT2D eigenvalue weighted by atomic mass is 16.5. The fraction of sp³-hybridized carbons (Fsp3) is 0.222. The summed E-state index contributed by atoms with van der Waals surface area (Å²) in [5.74, 6) is -0.554. The normalized spacial score (nSPS) is 11.7. The van der Waals surface area contributed by atoms with Gasteiger partial charge in [-0.2, -0.15) is 0 Å². The molecule has 3 nitrogen and oxygen atoms in total. The molecule has 0 aromatic heterocycles. The number of esters is 1. The highest BCUT2D eigenvalue weighted by Crippen LogP contribution is 2.23. The second-order valence-corrected chi connectivity index (χ2v) is 4.76. The van der Waals surface area contributed by atoms with Crippen LogP contribution in [0, 0.1) is 0 Å². The van der Waals surface area contributed by atoms with Gasteiger partial charge in [-0.3, -0.25) is 9.59 Å². The molecule has 0 fully saturated rings. The topological polar surface area (TPSA) is 43.4 Å². The largest absolute Gasteiger partial charge is 0.449 e.